The Morgan fingerprint density at radius 3 is 2.81 bits per heavy atom. The van der Waals surface area contributed by atoms with Crippen LogP contribution in [0.4, 0.5) is 0 Å². The van der Waals surface area contributed by atoms with Crippen molar-refractivity contribution in [2.45, 2.75) is 26.0 Å². The van der Waals surface area contributed by atoms with Crippen molar-refractivity contribution in [2.75, 3.05) is 13.1 Å². The molecule has 5 rings (SSSR count). The quantitative estimate of drug-likeness (QED) is 0.455. The van der Waals surface area contributed by atoms with E-state index in [1.54, 1.807) is 12.4 Å². The van der Waals surface area contributed by atoms with E-state index >= 15 is 0 Å². The Balaban J connectivity index is 1.29. The van der Waals surface area contributed by atoms with Gasteiger partial charge < -0.3 is 9.26 Å². The molecule has 4 aromatic rings. The first-order chi connectivity index (χ1) is 15.2. The average Bonchev–Trinajstić information content (AvgIpc) is 3.45. The first-order valence-electron chi connectivity index (χ1n) is 10.5. The number of aromatic nitrogens is 3. The molecule has 0 spiro atoms. The smallest absolute Gasteiger partial charge is 0.262 e. The summed E-state index contributed by atoms with van der Waals surface area (Å²) in [6, 6.07) is 20.3. The maximum Gasteiger partial charge on any atom is 0.262 e. The van der Waals surface area contributed by atoms with Gasteiger partial charge in [0.05, 0.1) is 5.56 Å². The third kappa shape index (κ3) is 4.49. The summed E-state index contributed by atoms with van der Waals surface area (Å²) in [6.45, 7) is 5.00. The summed E-state index contributed by atoms with van der Waals surface area (Å²) >= 11 is 0. The van der Waals surface area contributed by atoms with Crippen molar-refractivity contribution >= 4 is 0 Å². The fourth-order valence-corrected chi connectivity index (χ4v) is 3.98. The molecule has 0 saturated carbocycles. The van der Waals surface area contributed by atoms with E-state index in [2.05, 4.69) is 51.2 Å². The van der Waals surface area contributed by atoms with E-state index in [1.165, 1.54) is 11.1 Å². The van der Waals surface area contributed by atoms with E-state index < -0.39 is 0 Å². The highest BCUT2D eigenvalue weighted by atomic mass is 16.5. The lowest BCUT2D eigenvalue weighted by molar-refractivity contribution is 0.198. The van der Waals surface area contributed by atoms with Gasteiger partial charge in [0.2, 0.25) is 5.82 Å². The highest BCUT2D eigenvalue weighted by molar-refractivity contribution is 5.65. The van der Waals surface area contributed by atoms with Crippen molar-refractivity contribution in [3.8, 4) is 28.6 Å². The molecular formula is C25H24N4O2. The second-order valence-corrected chi connectivity index (χ2v) is 7.91. The van der Waals surface area contributed by atoms with Gasteiger partial charge in [-0.05, 0) is 43.2 Å². The van der Waals surface area contributed by atoms with Crippen molar-refractivity contribution in [3.63, 3.8) is 0 Å². The largest absolute Gasteiger partial charge is 0.488 e. The fraction of sp³-hybridized carbons (Fsp3) is 0.240. The summed E-state index contributed by atoms with van der Waals surface area (Å²) in [5, 5.41) is 4.12. The summed E-state index contributed by atoms with van der Waals surface area (Å²) in [6.07, 6.45) is 4.55. The number of hydrogen-bond acceptors (Lipinski definition) is 6. The average molecular weight is 412 g/mol. The van der Waals surface area contributed by atoms with Crippen LogP contribution >= 0.6 is 0 Å². The van der Waals surface area contributed by atoms with Gasteiger partial charge in [0.25, 0.3) is 5.89 Å². The Morgan fingerprint density at radius 1 is 1.06 bits per heavy atom. The Hall–Kier alpha value is -3.51. The lowest BCUT2D eigenvalue weighted by Gasteiger charge is -2.18. The molecule has 1 fully saturated rings. The first-order valence-corrected chi connectivity index (χ1v) is 10.5. The van der Waals surface area contributed by atoms with Gasteiger partial charge in [-0.25, -0.2) is 0 Å². The van der Waals surface area contributed by atoms with Gasteiger partial charge in [-0.2, -0.15) is 4.98 Å². The number of likely N-dealkylation sites (tertiary alicyclic amines) is 1. The summed E-state index contributed by atoms with van der Waals surface area (Å²) in [5.74, 6) is 1.77. The third-order valence-corrected chi connectivity index (χ3v) is 5.49. The number of ether oxygens (including phenoxy) is 1. The molecule has 31 heavy (non-hydrogen) atoms. The van der Waals surface area contributed by atoms with Crippen molar-refractivity contribution in [3.05, 3.63) is 84.2 Å². The van der Waals surface area contributed by atoms with Gasteiger partial charge in [0.1, 0.15) is 11.9 Å². The minimum absolute atomic E-state index is 0.133. The van der Waals surface area contributed by atoms with Crippen molar-refractivity contribution in [2.24, 2.45) is 0 Å². The van der Waals surface area contributed by atoms with Crippen LogP contribution in [-0.2, 0) is 6.54 Å². The molecule has 6 heteroatoms. The number of hydrogen-bond donors (Lipinski definition) is 0. The Labute approximate surface area is 181 Å². The highest BCUT2D eigenvalue weighted by Crippen LogP contribution is 2.32. The van der Waals surface area contributed by atoms with Crippen LogP contribution in [0.3, 0.4) is 0 Å². The van der Waals surface area contributed by atoms with Crippen LogP contribution in [0.25, 0.3) is 22.8 Å². The van der Waals surface area contributed by atoms with Crippen LogP contribution in [0.2, 0.25) is 0 Å². The third-order valence-electron chi connectivity index (χ3n) is 5.49. The Morgan fingerprint density at radius 2 is 1.94 bits per heavy atom. The fourth-order valence-electron chi connectivity index (χ4n) is 3.98. The maximum atomic E-state index is 6.39. The number of para-hydroxylation sites is 1. The van der Waals surface area contributed by atoms with Crippen LogP contribution < -0.4 is 4.74 Å². The summed E-state index contributed by atoms with van der Waals surface area (Å²) < 4.78 is 11.9. The number of pyridine rings is 1. The van der Waals surface area contributed by atoms with E-state index in [-0.39, 0.29) is 6.10 Å². The normalized spacial score (nSPS) is 16.5. The second-order valence-electron chi connectivity index (χ2n) is 7.91. The molecule has 156 valence electrons. The summed E-state index contributed by atoms with van der Waals surface area (Å²) in [7, 11) is 0. The monoisotopic (exact) mass is 412 g/mol. The molecule has 6 nitrogen and oxygen atoms in total. The molecule has 3 heterocycles. The number of rotatable bonds is 6. The first kappa shape index (κ1) is 19.5. The molecule has 1 aliphatic heterocycles. The molecule has 0 N–H and O–H groups in total. The number of benzene rings is 2. The number of nitrogens with zero attached hydrogens (tertiary/aromatic N) is 4. The van der Waals surface area contributed by atoms with Crippen LogP contribution in [0.5, 0.6) is 5.75 Å². The van der Waals surface area contributed by atoms with Gasteiger partial charge >= 0.3 is 0 Å². The minimum atomic E-state index is 0.133. The van der Waals surface area contributed by atoms with Crippen molar-refractivity contribution in [1.82, 2.24) is 20.0 Å². The molecule has 2 aromatic heterocycles. The summed E-state index contributed by atoms with van der Waals surface area (Å²) in [5.41, 5.74) is 4.32. The molecule has 0 bridgehead atoms. The zero-order chi connectivity index (χ0) is 21.0. The Kier molecular flexibility index (Phi) is 5.46. The van der Waals surface area contributed by atoms with Crippen molar-refractivity contribution < 1.29 is 9.26 Å². The zero-order valence-electron chi connectivity index (χ0n) is 17.4. The standard InChI is InChI=1S/C25H24N4O2/c1-18-5-4-6-19(15-18)16-29-14-11-21(17-29)30-23-8-3-2-7-22(23)25-27-24(28-31-25)20-9-12-26-13-10-20/h2-10,12-13,15,21H,11,14,16-17H2,1H3. The number of aryl methyl sites for hydroxylation is 1. The molecule has 2 aromatic carbocycles. The summed E-state index contributed by atoms with van der Waals surface area (Å²) in [4.78, 5) is 11.0. The van der Waals surface area contributed by atoms with Gasteiger partial charge in [-0.15, -0.1) is 0 Å². The van der Waals surface area contributed by atoms with Crippen LogP contribution in [0.15, 0.2) is 77.6 Å². The van der Waals surface area contributed by atoms with Gasteiger partial charge in [-0.3, -0.25) is 9.88 Å². The minimum Gasteiger partial charge on any atom is -0.488 e. The van der Waals surface area contributed by atoms with Crippen LogP contribution in [0, 0.1) is 6.92 Å². The second kappa shape index (κ2) is 8.70. The van der Waals surface area contributed by atoms with E-state index in [4.69, 9.17) is 9.26 Å². The van der Waals surface area contributed by atoms with Gasteiger partial charge in [0, 0.05) is 37.6 Å². The zero-order valence-corrected chi connectivity index (χ0v) is 17.4. The van der Waals surface area contributed by atoms with E-state index in [1.807, 2.05) is 36.4 Å². The predicted molar refractivity (Wildman–Crippen MR) is 118 cm³/mol. The molecule has 1 unspecified atom stereocenters. The maximum absolute atomic E-state index is 6.39. The van der Waals surface area contributed by atoms with Gasteiger partial charge in [-0.1, -0.05) is 47.1 Å². The predicted octanol–water partition coefficient (Wildman–Crippen LogP) is 4.76. The van der Waals surface area contributed by atoms with E-state index in [0.717, 1.165) is 42.9 Å². The van der Waals surface area contributed by atoms with Crippen molar-refractivity contribution in [1.29, 1.82) is 0 Å². The topological polar surface area (TPSA) is 64.3 Å². The molecule has 0 amide bonds. The highest BCUT2D eigenvalue weighted by Gasteiger charge is 2.25. The van der Waals surface area contributed by atoms with E-state index in [0.29, 0.717) is 11.7 Å². The van der Waals surface area contributed by atoms with Gasteiger partial charge in [0.15, 0.2) is 0 Å². The van der Waals surface area contributed by atoms with E-state index in [9.17, 15) is 0 Å². The van der Waals surface area contributed by atoms with Crippen LogP contribution in [0.1, 0.15) is 17.5 Å². The molecule has 1 saturated heterocycles. The molecule has 0 radical (unpaired) electrons. The molecule has 1 atom stereocenters. The molecular weight excluding hydrogens is 388 g/mol. The van der Waals surface area contributed by atoms with Crippen LogP contribution in [-0.4, -0.2) is 39.2 Å². The molecule has 1 aliphatic rings. The SMILES string of the molecule is Cc1cccc(CN2CCC(Oc3ccccc3-c3nc(-c4ccncc4)no3)C2)c1. The Bertz CT molecular complexity index is 1160. The lowest BCUT2D eigenvalue weighted by atomic mass is 10.1. The lowest BCUT2D eigenvalue weighted by Crippen LogP contribution is -2.24. The molecule has 0 aliphatic carbocycles.